The summed E-state index contributed by atoms with van der Waals surface area (Å²) >= 11 is 12.8. The molecule has 3 aromatic rings. The number of piperidine rings is 1. The normalized spacial score (nSPS) is 28.0. The van der Waals surface area contributed by atoms with E-state index in [0.29, 0.717) is 58.6 Å². The SMILES string of the molecule is O=C(CP(=O)(O)O)Oc1ccc2c3c1OC1[C@H](OC(=O)Cc4ccccc4Nc4c(Cl)cccc4Cl)CC[C@@]4(O)[C@@H](C2)N(CC2CC2)CC[C@]314. The van der Waals surface area contributed by atoms with Gasteiger partial charge in [-0.3, -0.25) is 19.1 Å². The van der Waals surface area contributed by atoms with E-state index in [4.69, 9.17) is 37.4 Å². The van der Waals surface area contributed by atoms with E-state index in [1.54, 1.807) is 24.3 Å². The largest absolute Gasteiger partial charge is 0.481 e. The number of carbonyl (C=O) groups is 2. The summed E-state index contributed by atoms with van der Waals surface area (Å²) in [5.41, 5.74) is 1.37. The molecule has 14 heteroatoms. The van der Waals surface area contributed by atoms with Gasteiger partial charge in [-0.15, -0.1) is 0 Å². The van der Waals surface area contributed by atoms with Gasteiger partial charge in [-0.2, -0.15) is 0 Å². The molecule has 8 rings (SSSR count). The molecule has 1 saturated heterocycles. The molecule has 0 aromatic heterocycles. The van der Waals surface area contributed by atoms with Crippen LogP contribution in [0, 0.1) is 5.92 Å². The van der Waals surface area contributed by atoms with E-state index in [1.807, 2.05) is 30.3 Å². The molecule has 2 aliphatic heterocycles. The molecule has 2 bridgehead atoms. The van der Waals surface area contributed by atoms with Gasteiger partial charge in [0.2, 0.25) is 0 Å². The van der Waals surface area contributed by atoms with Crippen molar-refractivity contribution in [2.24, 2.45) is 5.92 Å². The van der Waals surface area contributed by atoms with Crippen molar-refractivity contribution < 1.29 is 43.3 Å². The summed E-state index contributed by atoms with van der Waals surface area (Å²) in [6.45, 7) is 1.63. The number of hydrogen-bond donors (Lipinski definition) is 4. The zero-order chi connectivity index (χ0) is 35.0. The summed E-state index contributed by atoms with van der Waals surface area (Å²) < 4.78 is 30.0. The third kappa shape index (κ3) is 5.81. The highest BCUT2D eigenvalue weighted by Gasteiger charge is 2.73. The molecule has 4 N–H and O–H groups in total. The molecule has 11 nitrogen and oxygen atoms in total. The fraction of sp³-hybridized carbons (Fsp3) is 0.444. The Balaban J connectivity index is 1.10. The second-order valence-corrected chi connectivity index (χ2v) is 16.6. The van der Waals surface area contributed by atoms with Crippen LogP contribution in [0.5, 0.6) is 11.5 Å². The highest BCUT2D eigenvalue weighted by Crippen LogP contribution is 2.66. The van der Waals surface area contributed by atoms with E-state index in [1.165, 1.54) is 12.8 Å². The van der Waals surface area contributed by atoms with Crippen LogP contribution in [0.1, 0.15) is 48.8 Å². The van der Waals surface area contributed by atoms with Gasteiger partial charge in [0.1, 0.15) is 18.4 Å². The van der Waals surface area contributed by atoms with Crippen molar-refractivity contribution in [3.63, 3.8) is 0 Å². The van der Waals surface area contributed by atoms with Crippen molar-refractivity contribution in [3.05, 3.63) is 81.3 Å². The van der Waals surface area contributed by atoms with Crippen LogP contribution in [-0.2, 0) is 37.1 Å². The lowest BCUT2D eigenvalue weighted by Crippen LogP contribution is -2.77. The second-order valence-electron chi connectivity index (χ2n) is 14.2. The minimum Gasteiger partial charge on any atom is -0.481 e. The average Bonchev–Trinajstić information content (AvgIpc) is 3.79. The van der Waals surface area contributed by atoms with Gasteiger partial charge in [0.25, 0.3) is 0 Å². The molecular formula is C36H37Cl2N2O9P. The zero-order valence-electron chi connectivity index (χ0n) is 27.0. The molecule has 50 heavy (non-hydrogen) atoms. The number of likely N-dealkylation sites (tertiary alicyclic amines) is 1. The average molecular weight is 744 g/mol. The minimum atomic E-state index is -4.68. The van der Waals surface area contributed by atoms with Crippen molar-refractivity contribution in [2.75, 3.05) is 24.6 Å². The summed E-state index contributed by atoms with van der Waals surface area (Å²) in [6, 6.07) is 15.8. The van der Waals surface area contributed by atoms with Gasteiger partial charge in [0.05, 0.1) is 33.2 Å². The van der Waals surface area contributed by atoms with Gasteiger partial charge in [0.15, 0.2) is 11.5 Å². The fourth-order valence-electron chi connectivity index (χ4n) is 8.86. The molecule has 0 amide bonds. The molecule has 2 saturated carbocycles. The van der Waals surface area contributed by atoms with Crippen molar-refractivity contribution in [1.82, 2.24) is 4.90 Å². The number of benzene rings is 3. The smallest absolute Gasteiger partial charge is 0.336 e. The van der Waals surface area contributed by atoms with Gasteiger partial charge in [-0.1, -0.05) is 53.5 Å². The monoisotopic (exact) mass is 742 g/mol. The van der Waals surface area contributed by atoms with Gasteiger partial charge >= 0.3 is 19.5 Å². The summed E-state index contributed by atoms with van der Waals surface area (Å²) in [7, 11) is -4.68. The number of nitrogens with one attached hydrogen (secondary N) is 1. The van der Waals surface area contributed by atoms with Crippen LogP contribution >= 0.6 is 30.8 Å². The third-order valence-electron chi connectivity index (χ3n) is 11.1. The highest BCUT2D eigenvalue weighted by molar-refractivity contribution is 7.52. The van der Waals surface area contributed by atoms with Crippen LogP contribution < -0.4 is 14.8 Å². The molecule has 3 fully saturated rings. The van der Waals surface area contributed by atoms with E-state index >= 15 is 0 Å². The van der Waals surface area contributed by atoms with Gasteiger partial charge in [-0.25, -0.2) is 0 Å². The van der Waals surface area contributed by atoms with Crippen molar-refractivity contribution in [1.29, 1.82) is 0 Å². The van der Waals surface area contributed by atoms with Gasteiger partial charge in [-0.05, 0) is 86.4 Å². The lowest BCUT2D eigenvalue weighted by molar-refractivity contribution is -0.216. The predicted molar refractivity (Wildman–Crippen MR) is 185 cm³/mol. The van der Waals surface area contributed by atoms with Crippen molar-refractivity contribution in [3.8, 4) is 11.5 Å². The maximum atomic E-state index is 13.7. The first-order valence-corrected chi connectivity index (χ1v) is 19.4. The second kappa shape index (κ2) is 12.5. The van der Waals surface area contributed by atoms with E-state index in [9.17, 15) is 29.0 Å². The Kier molecular flexibility index (Phi) is 8.50. The first kappa shape index (κ1) is 34.0. The van der Waals surface area contributed by atoms with E-state index in [-0.39, 0.29) is 24.0 Å². The number of hydrogen-bond acceptors (Lipinski definition) is 9. The molecule has 3 aliphatic carbocycles. The fourth-order valence-corrected chi connectivity index (χ4v) is 9.76. The molecular weight excluding hydrogens is 706 g/mol. The van der Waals surface area contributed by atoms with Crippen LogP contribution in [0.15, 0.2) is 54.6 Å². The molecule has 3 aromatic carbocycles. The maximum absolute atomic E-state index is 13.7. The van der Waals surface area contributed by atoms with Crippen LogP contribution in [-0.4, -0.2) is 74.8 Å². The van der Waals surface area contributed by atoms with Crippen LogP contribution in [0.2, 0.25) is 10.0 Å². The quantitative estimate of drug-likeness (QED) is 0.118. The predicted octanol–water partition coefficient (Wildman–Crippen LogP) is 5.54. The molecule has 5 atom stereocenters. The number of esters is 2. The van der Waals surface area contributed by atoms with Crippen LogP contribution in [0.3, 0.4) is 0 Å². The first-order valence-electron chi connectivity index (χ1n) is 16.9. The Hall–Kier alpha value is -3.15. The summed E-state index contributed by atoms with van der Waals surface area (Å²) in [5.74, 6) is -0.673. The van der Waals surface area contributed by atoms with Gasteiger partial charge in [0, 0.05) is 23.8 Å². The number of rotatable bonds is 10. The number of anilines is 2. The maximum Gasteiger partial charge on any atom is 0.336 e. The van der Waals surface area contributed by atoms with E-state index < -0.39 is 48.9 Å². The molecule has 1 spiro atoms. The zero-order valence-corrected chi connectivity index (χ0v) is 29.4. The summed E-state index contributed by atoms with van der Waals surface area (Å²) in [4.78, 5) is 47.5. The molecule has 1 unspecified atom stereocenters. The van der Waals surface area contributed by atoms with Crippen LogP contribution in [0.25, 0.3) is 0 Å². The Morgan fingerprint density at radius 1 is 1.00 bits per heavy atom. The minimum absolute atomic E-state index is 0.0236. The van der Waals surface area contributed by atoms with E-state index in [2.05, 4.69) is 10.2 Å². The highest BCUT2D eigenvalue weighted by atomic mass is 35.5. The summed E-state index contributed by atoms with van der Waals surface area (Å²) in [6.07, 6.45) is 1.56. The van der Waals surface area contributed by atoms with Crippen molar-refractivity contribution >= 4 is 54.1 Å². The van der Waals surface area contributed by atoms with E-state index in [0.717, 1.165) is 24.2 Å². The van der Waals surface area contributed by atoms with Crippen LogP contribution in [0.4, 0.5) is 11.4 Å². The number of ether oxygens (including phenoxy) is 3. The lowest BCUT2D eigenvalue weighted by atomic mass is 9.48. The number of para-hydroxylation sites is 2. The standard InChI is InChI=1S/C36H37Cl2N2O9P/c37-23-5-3-6-24(38)32(23)39-25-7-2-1-4-21(25)17-29(41)48-27-12-13-36(43)28-16-22-10-11-26(47-30(42)19-50(44,45)46)33-31(22)35(36,34(27)49-33)14-15-40(28)18-20-8-9-20/h1-7,10-11,20,27-28,34,39,43H,8-9,12-19H2,(H2,44,45,46)/t27-,28-,34?,35+,36-/m1/s1. The molecule has 2 heterocycles. The Labute approximate surface area is 299 Å². The number of carbonyl (C=O) groups excluding carboxylic acids is 2. The first-order chi connectivity index (χ1) is 23.9. The topological polar surface area (TPSA) is 155 Å². The third-order valence-corrected chi connectivity index (χ3v) is 12.4. The van der Waals surface area contributed by atoms with Gasteiger partial charge < -0.3 is 34.4 Å². The Morgan fingerprint density at radius 3 is 2.50 bits per heavy atom. The number of aliphatic hydroxyl groups is 1. The molecule has 0 radical (unpaired) electrons. The molecule has 5 aliphatic rings. The van der Waals surface area contributed by atoms with Crippen molar-refractivity contribution in [2.45, 2.75) is 74.2 Å². The Morgan fingerprint density at radius 2 is 1.76 bits per heavy atom. The molecule has 264 valence electrons. The number of halogens is 2. The Bertz CT molecular complexity index is 1910. The summed E-state index contributed by atoms with van der Waals surface area (Å²) in [5, 5.41) is 17.0. The number of nitrogens with zero attached hydrogens (tertiary/aromatic N) is 1. The lowest BCUT2D eigenvalue weighted by Gasteiger charge is -2.64.